The van der Waals surface area contributed by atoms with Crippen LogP contribution in [0.5, 0.6) is 0 Å². The summed E-state index contributed by atoms with van der Waals surface area (Å²) < 4.78 is 13.3. The van der Waals surface area contributed by atoms with Gasteiger partial charge in [-0.05, 0) is 99.3 Å². The van der Waals surface area contributed by atoms with Crippen LogP contribution < -0.4 is 4.90 Å². The molecular weight excluding hydrogens is 683 g/mol. The van der Waals surface area contributed by atoms with Gasteiger partial charge in [0.1, 0.15) is 22.3 Å². The molecule has 56 heavy (non-hydrogen) atoms. The number of furan rings is 2. The topological polar surface area (TPSA) is 29.5 Å². The maximum atomic E-state index is 6.89. The van der Waals surface area contributed by atoms with Gasteiger partial charge in [-0.15, -0.1) is 0 Å². The Morgan fingerprint density at radius 2 is 1.00 bits per heavy atom. The molecule has 262 valence electrons. The van der Waals surface area contributed by atoms with Crippen LogP contribution in [0.1, 0.15) is 11.1 Å². The lowest BCUT2D eigenvalue weighted by molar-refractivity contribution is 0.669. The summed E-state index contributed by atoms with van der Waals surface area (Å²) in [5, 5.41) is 6.76. The fraction of sp³-hybridized carbons (Fsp3) is 0.0189. The minimum absolute atomic E-state index is 0.874. The smallest absolute Gasteiger partial charge is 0.143 e. The lowest BCUT2D eigenvalue weighted by Crippen LogP contribution is -2.10. The standard InChI is InChI=1S/C53H33NO2/c1-2-12-33(13-3-1)46-32-47-44-20-10-19-41(52(44)56-53(47)43-17-7-6-16-42(43)46)34-24-26-37(27-25-34)54(38-28-29-40-36(31-38)30-35-14-4-5-15-39(35)40)48-21-11-23-50-51(48)45-18-8-9-22-49(45)55-50/h1-29,31-32H,30H2. The van der Waals surface area contributed by atoms with Gasteiger partial charge in [0, 0.05) is 38.5 Å². The first-order valence-corrected chi connectivity index (χ1v) is 19.2. The van der Waals surface area contributed by atoms with Crippen LogP contribution in [0.3, 0.4) is 0 Å². The zero-order valence-corrected chi connectivity index (χ0v) is 30.4. The van der Waals surface area contributed by atoms with Crippen molar-refractivity contribution in [2.24, 2.45) is 0 Å². The van der Waals surface area contributed by atoms with Crippen molar-refractivity contribution in [2.45, 2.75) is 6.42 Å². The molecule has 0 bridgehead atoms. The number of hydrogen-bond donors (Lipinski definition) is 0. The van der Waals surface area contributed by atoms with Gasteiger partial charge in [0.2, 0.25) is 0 Å². The van der Waals surface area contributed by atoms with Gasteiger partial charge in [-0.3, -0.25) is 0 Å². The first kappa shape index (κ1) is 31.0. The van der Waals surface area contributed by atoms with E-state index < -0.39 is 0 Å². The van der Waals surface area contributed by atoms with Crippen molar-refractivity contribution in [2.75, 3.05) is 4.90 Å². The molecule has 0 spiro atoms. The molecule has 0 N–H and O–H groups in total. The first-order valence-electron chi connectivity index (χ1n) is 19.2. The van der Waals surface area contributed by atoms with Gasteiger partial charge in [-0.2, -0.15) is 0 Å². The summed E-state index contributed by atoms with van der Waals surface area (Å²) in [5.41, 5.74) is 16.8. The average molecular weight is 716 g/mol. The third kappa shape index (κ3) is 4.64. The SMILES string of the molecule is c1ccc(-c2cc3c4cccc(-c5ccc(N(c6ccc7c(c6)Cc6ccccc6-7)c6cccc7oc8ccccc8c67)cc5)c4oc3c3ccccc23)cc1. The molecule has 2 heterocycles. The van der Waals surface area contributed by atoms with Gasteiger partial charge >= 0.3 is 0 Å². The Morgan fingerprint density at radius 1 is 0.357 bits per heavy atom. The lowest BCUT2D eigenvalue weighted by Gasteiger charge is -2.27. The molecule has 1 aliphatic rings. The number of rotatable bonds is 5. The number of anilines is 3. The van der Waals surface area contributed by atoms with E-state index in [-0.39, 0.29) is 0 Å². The Morgan fingerprint density at radius 3 is 1.89 bits per heavy atom. The summed E-state index contributed by atoms with van der Waals surface area (Å²) in [5.74, 6) is 0. The van der Waals surface area contributed by atoms with E-state index >= 15 is 0 Å². The Kier molecular flexibility index (Phi) is 6.69. The molecule has 0 saturated carbocycles. The zero-order valence-electron chi connectivity index (χ0n) is 30.4. The van der Waals surface area contributed by atoms with Crippen LogP contribution in [-0.4, -0.2) is 0 Å². The van der Waals surface area contributed by atoms with Gasteiger partial charge in [0.25, 0.3) is 0 Å². The summed E-state index contributed by atoms with van der Waals surface area (Å²) in [6.07, 6.45) is 0.925. The van der Waals surface area contributed by atoms with Crippen molar-refractivity contribution in [3.8, 4) is 33.4 Å². The molecule has 0 atom stereocenters. The molecule has 12 rings (SSSR count). The van der Waals surface area contributed by atoms with Crippen molar-refractivity contribution >= 4 is 71.7 Å². The molecule has 0 unspecified atom stereocenters. The molecule has 11 aromatic rings. The van der Waals surface area contributed by atoms with Gasteiger partial charge < -0.3 is 13.7 Å². The Bertz CT molecular complexity index is 3330. The van der Waals surface area contributed by atoms with E-state index in [9.17, 15) is 0 Å². The van der Waals surface area contributed by atoms with Crippen molar-refractivity contribution in [3.05, 3.63) is 199 Å². The lowest BCUT2D eigenvalue weighted by atomic mass is 9.95. The third-order valence-corrected chi connectivity index (χ3v) is 11.7. The largest absolute Gasteiger partial charge is 0.456 e. The quantitative estimate of drug-likeness (QED) is 0.178. The molecule has 2 aromatic heterocycles. The highest BCUT2D eigenvalue weighted by atomic mass is 16.3. The van der Waals surface area contributed by atoms with Crippen LogP contribution >= 0.6 is 0 Å². The highest BCUT2D eigenvalue weighted by Gasteiger charge is 2.24. The first-order chi connectivity index (χ1) is 27.8. The summed E-state index contributed by atoms with van der Waals surface area (Å²) in [6, 6.07) is 67.4. The van der Waals surface area contributed by atoms with E-state index in [1.54, 1.807) is 0 Å². The predicted octanol–water partition coefficient (Wildman–Crippen LogP) is 15.0. The van der Waals surface area contributed by atoms with Crippen LogP contribution in [0, 0.1) is 0 Å². The van der Waals surface area contributed by atoms with Crippen LogP contribution in [0.4, 0.5) is 17.1 Å². The maximum Gasteiger partial charge on any atom is 0.143 e. The average Bonchev–Trinajstić information content (AvgIpc) is 3.96. The summed E-state index contributed by atoms with van der Waals surface area (Å²) in [7, 11) is 0. The van der Waals surface area contributed by atoms with Gasteiger partial charge in [0.15, 0.2) is 0 Å². The van der Waals surface area contributed by atoms with Crippen LogP contribution in [0.2, 0.25) is 0 Å². The van der Waals surface area contributed by atoms with Crippen LogP contribution in [0.25, 0.3) is 88.0 Å². The maximum absolute atomic E-state index is 6.89. The monoisotopic (exact) mass is 715 g/mol. The number of para-hydroxylation sites is 2. The van der Waals surface area contributed by atoms with Crippen molar-refractivity contribution in [1.82, 2.24) is 0 Å². The molecule has 0 fully saturated rings. The second kappa shape index (κ2) is 12.1. The molecular formula is C53H33NO2. The molecule has 0 aliphatic heterocycles. The van der Waals surface area contributed by atoms with E-state index in [1.807, 2.05) is 6.07 Å². The number of benzene rings is 9. The molecule has 3 nitrogen and oxygen atoms in total. The highest BCUT2D eigenvalue weighted by molar-refractivity contribution is 6.21. The van der Waals surface area contributed by atoms with Crippen molar-refractivity contribution in [3.63, 3.8) is 0 Å². The van der Waals surface area contributed by atoms with Crippen LogP contribution in [0.15, 0.2) is 197 Å². The van der Waals surface area contributed by atoms with E-state index in [0.717, 1.165) is 83.9 Å². The van der Waals surface area contributed by atoms with Gasteiger partial charge in [-0.1, -0.05) is 140 Å². The van der Waals surface area contributed by atoms with Crippen molar-refractivity contribution < 1.29 is 8.83 Å². The molecule has 9 aromatic carbocycles. The van der Waals surface area contributed by atoms with Crippen molar-refractivity contribution in [1.29, 1.82) is 0 Å². The second-order valence-electron chi connectivity index (χ2n) is 14.8. The molecule has 0 saturated heterocycles. The second-order valence-corrected chi connectivity index (χ2v) is 14.8. The Balaban J connectivity index is 1.02. The summed E-state index contributed by atoms with van der Waals surface area (Å²) in [4.78, 5) is 2.39. The van der Waals surface area contributed by atoms with E-state index in [0.29, 0.717) is 0 Å². The minimum Gasteiger partial charge on any atom is -0.456 e. The summed E-state index contributed by atoms with van der Waals surface area (Å²) in [6.45, 7) is 0. The number of nitrogens with zero attached hydrogens (tertiary/aromatic N) is 1. The minimum atomic E-state index is 0.874. The molecule has 0 amide bonds. The fourth-order valence-corrected chi connectivity index (χ4v) is 9.13. The Hall–Kier alpha value is -7.36. The number of fused-ring (bicyclic) bond motifs is 11. The molecule has 1 aliphatic carbocycles. The summed E-state index contributed by atoms with van der Waals surface area (Å²) >= 11 is 0. The zero-order chi connectivity index (χ0) is 36.7. The van der Waals surface area contributed by atoms with E-state index in [4.69, 9.17) is 8.83 Å². The third-order valence-electron chi connectivity index (χ3n) is 11.7. The number of hydrogen-bond acceptors (Lipinski definition) is 3. The highest BCUT2D eigenvalue weighted by Crippen LogP contribution is 2.47. The Labute approximate surface area is 323 Å². The normalized spacial score (nSPS) is 12.2. The van der Waals surface area contributed by atoms with E-state index in [1.165, 1.54) is 38.8 Å². The van der Waals surface area contributed by atoms with Crippen LogP contribution in [-0.2, 0) is 6.42 Å². The molecule has 3 heteroatoms. The predicted molar refractivity (Wildman–Crippen MR) is 232 cm³/mol. The van der Waals surface area contributed by atoms with E-state index in [2.05, 4.69) is 187 Å². The van der Waals surface area contributed by atoms with Gasteiger partial charge in [0.05, 0.1) is 11.1 Å². The fourth-order valence-electron chi connectivity index (χ4n) is 9.13. The van der Waals surface area contributed by atoms with Gasteiger partial charge in [-0.25, -0.2) is 0 Å². The molecule has 0 radical (unpaired) electrons.